The molecule has 1 atom stereocenters. The van der Waals surface area contributed by atoms with E-state index >= 15 is 0 Å². The molecule has 0 amide bonds. The second-order valence-corrected chi connectivity index (χ2v) is 7.32. The number of methoxy groups -OCH3 is 1. The maximum Gasteiger partial charge on any atom is 0.170 e. The molecule has 3 rings (SSSR count). The molecule has 26 heavy (non-hydrogen) atoms. The maximum atomic E-state index is 13.1. The topological polar surface area (TPSA) is 47.4 Å². The largest absolute Gasteiger partial charge is 0.496 e. The fraction of sp³-hybridized carbons (Fsp3) is 0.500. The van der Waals surface area contributed by atoms with E-state index in [2.05, 4.69) is 23.1 Å². The van der Waals surface area contributed by atoms with Gasteiger partial charge < -0.3 is 4.74 Å². The number of Topliss-reactive ketones (excluding diaryl/α,β-unsaturated/α-hetero) is 1. The highest BCUT2D eigenvalue weighted by molar-refractivity contribution is 6.31. The van der Waals surface area contributed by atoms with Gasteiger partial charge in [-0.1, -0.05) is 11.6 Å². The Morgan fingerprint density at radius 3 is 2.92 bits per heavy atom. The number of halogens is 1. The highest BCUT2D eigenvalue weighted by Gasteiger charge is 2.29. The lowest BCUT2D eigenvalue weighted by molar-refractivity contribution is 0.0808. The summed E-state index contributed by atoms with van der Waals surface area (Å²) in [4.78, 5) is 15.4. The molecule has 0 N–H and O–H groups in total. The molecule has 0 unspecified atom stereocenters. The van der Waals surface area contributed by atoms with Gasteiger partial charge in [0, 0.05) is 42.3 Å². The number of hydrogen-bond acceptors (Lipinski definition) is 4. The minimum Gasteiger partial charge on any atom is -0.496 e. The van der Waals surface area contributed by atoms with Crippen LogP contribution in [0.2, 0.25) is 5.02 Å². The zero-order valence-electron chi connectivity index (χ0n) is 15.7. The van der Waals surface area contributed by atoms with E-state index in [-0.39, 0.29) is 11.7 Å². The molecule has 1 fully saturated rings. The van der Waals surface area contributed by atoms with Gasteiger partial charge in [-0.05, 0) is 51.4 Å². The van der Waals surface area contributed by atoms with E-state index in [1.165, 1.54) is 5.56 Å². The molecular weight excluding hydrogens is 350 g/mol. The van der Waals surface area contributed by atoms with Crippen LogP contribution in [0.4, 0.5) is 0 Å². The third kappa shape index (κ3) is 4.10. The number of benzene rings is 1. The number of nitrogens with zero attached hydrogens (tertiary/aromatic N) is 3. The first-order valence-electron chi connectivity index (χ1n) is 9.14. The number of hydrogen-bond donors (Lipinski definition) is 0. The summed E-state index contributed by atoms with van der Waals surface area (Å²) in [6.45, 7) is 7.60. The molecule has 1 saturated heterocycles. The lowest BCUT2D eigenvalue weighted by atomic mass is 9.89. The number of aromatic nitrogens is 2. The SMILES string of the molecule is CCn1cc(CN2CCC[C@@H](C(=O)c3cc(Cl)ccc3OC)C2)c(C)n1. The van der Waals surface area contributed by atoms with Crippen LogP contribution in [0.1, 0.15) is 41.4 Å². The summed E-state index contributed by atoms with van der Waals surface area (Å²) >= 11 is 6.10. The standard InChI is InChI=1S/C20H26ClN3O2/c1-4-24-13-16(14(2)22-24)12-23-9-5-6-15(11-23)20(25)18-10-17(21)7-8-19(18)26-3/h7-8,10,13,15H,4-6,9,11-12H2,1-3H3/t15-/m1/s1. The summed E-state index contributed by atoms with van der Waals surface area (Å²) in [5, 5.41) is 5.08. The second kappa shape index (κ2) is 8.23. The van der Waals surface area contributed by atoms with E-state index in [1.54, 1.807) is 25.3 Å². The van der Waals surface area contributed by atoms with Crippen molar-refractivity contribution in [3.8, 4) is 5.75 Å². The molecule has 1 aliphatic rings. The van der Waals surface area contributed by atoms with Crippen molar-refractivity contribution in [3.05, 3.63) is 46.2 Å². The van der Waals surface area contributed by atoms with E-state index in [9.17, 15) is 4.79 Å². The number of ketones is 1. The third-order valence-electron chi connectivity index (χ3n) is 5.07. The molecule has 1 aliphatic heterocycles. The van der Waals surface area contributed by atoms with Crippen molar-refractivity contribution < 1.29 is 9.53 Å². The van der Waals surface area contributed by atoms with Crippen LogP contribution in [0.15, 0.2) is 24.4 Å². The molecule has 2 aromatic rings. The van der Waals surface area contributed by atoms with Crippen molar-refractivity contribution >= 4 is 17.4 Å². The molecule has 1 aromatic carbocycles. The van der Waals surface area contributed by atoms with Crippen molar-refractivity contribution in [1.82, 2.24) is 14.7 Å². The first-order valence-corrected chi connectivity index (χ1v) is 9.52. The zero-order chi connectivity index (χ0) is 18.7. The number of ether oxygens (including phenoxy) is 1. The van der Waals surface area contributed by atoms with Crippen molar-refractivity contribution in [3.63, 3.8) is 0 Å². The summed E-state index contributed by atoms with van der Waals surface area (Å²) in [5.74, 6) is 0.684. The molecule has 2 heterocycles. The van der Waals surface area contributed by atoms with Gasteiger partial charge >= 0.3 is 0 Å². The Morgan fingerprint density at radius 2 is 2.23 bits per heavy atom. The molecule has 1 aromatic heterocycles. The first kappa shape index (κ1) is 18.9. The molecule has 5 nitrogen and oxygen atoms in total. The average Bonchev–Trinajstić information content (AvgIpc) is 3.01. The van der Waals surface area contributed by atoms with Gasteiger partial charge in [-0.15, -0.1) is 0 Å². The zero-order valence-corrected chi connectivity index (χ0v) is 16.4. The molecule has 0 spiro atoms. The van der Waals surface area contributed by atoms with Crippen LogP contribution in [0.3, 0.4) is 0 Å². The number of carbonyl (C=O) groups is 1. The summed E-state index contributed by atoms with van der Waals surface area (Å²) in [5.41, 5.74) is 2.89. The highest BCUT2D eigenvalue weighted by Crippen LogP contribution is 2.29. The molecule has 6 heteroatoms. The Kier molecular flexibility index (Phi) is 5.99. The Bertz CT molecular complexity index is 787. The van der Waals surface area contributed by atoms with Crippen LogP contribution in [0.5, 0.6) is 5.75 Å². The Labute approximate surface area is 159 Å². The van der Waals surface area contributed by atoms with Crippen LogP contribution in [0, 0.1) is 12.8 Å². The summed E-state index contributed by atoms with van der Waals surface area (Å²) < 4.78 is 7.33. The summed E-state index contributed by atoms with van der Waals surface area (Å²) in [6, 6.07) is 5.23. The van der Waals surface area contributed by atoms with Gasteiger partial charge in [-0.25, -0.2) is 0 Å². The van der Waals surface area contributed by atoms with Gasteiger partial charge in [-0.2, -0.15) is 5.10 Å². The fourth-order valence-corrected chi connectivity index (χ4v) is 3.80. The molecule has 140 valence electrons. The van der Waals surface area contributed by atoms with Crippen LogP contribution >= 0.6 is 11.6 Å². The van der Waals surface area contributed by atoms with Gasteiger partial charge in [0.05, 0.1) is 18.4 Å². The smallest absolute Gasteiger partial charge is 0.170 e. The Hall–Kier alpha value is -1.85. The molecule has 0 saturated carbocycles. The van der Waals surface area contributed by atoms with E-state index in [1.807, 2.05) is 11.6 Å². The van der Waals surface area contributed by atoms with Gasteiger partial charge in [0.15, 0.2) is 5.78 Å². The molecule has 0 aliphatic carbocycles. The van der Waals surface area contributed by atoms with E-state index < -0.39 is 0 Å². The van der Waals surface area contributed by atoms with Gasteiger partial charge in [0.25, 0.3) is 0 Å². The van der Waals surface area contributed by atoms with Gasteiger partial charge in [-0.3, -0.25) is 14.4 Å². The normalized spacial score (nSPS) is 18.1. The lowest BCUT2D eigenvalue weighted by Crippen LogP contribution is -2.38. The predicted octanol–water partition coefficient (Wildman–Crippen LogP) is 3.97. The first-order chi connectivity index (χ1) is 12.5. The number of likely N-dealkylation sites (tertiary alicyclic amines) is 1. The average molecular weight is 376 g/mol. The number of piperidine rings is 1. The van der Waals surface area contributed by atoms with Gasteiger partial charge in [0.2, 0.25) is 0 Å². The van der Waals surface area contributed by atoms with Crippen LogP contribution < -0.4 is 4.74 Å². The minimum absolute atomic E-state index is 0.0300. The third-order valence-corrected chi connectivity index (χ3v) is 5.30. The number of aryl methyl sites for hydroxylation is 2. The summed E-state index contributed by atoms with van der Waals surface area (Å²) in [7, 11) is 1.58. The quantitative estimate of drug-likeness (QED) is 0.717. The van der Waals surface area contributed by atoms with Crippen molar-refractivity contribution in [2.75, 3.05) is 20.2 Å². The maximum absolute atomic E-state index is 13.1. The fourth-order valence-electron chi connectivity index (χ4n) is 3.62. The van der Waals surface area contributed by atoms with Crippen LogP contribution in [0.25, 0.3) is 0 Å². The summed E-state index contributed by atoms with van der Waals surface area (Å²) in [6.07, 6.45) is 4.03. The molecular formula is C20H26ClN3O2. The van der Waals surface area contributed by atoms with E-state index in [4.69, 9.17) is 16.3 Å². The molecule has 0 radical (unpaired) electrons. The monoisotopic (exact) mass is 375 g/mol. The number of carbonyl (C=O) groups excluding carboxylic acids is 1. The van der Waals surface area contributed by atoms with Crippen LogP contribution in [-0.4, -0.2) is 40.7 Å². The van der Waals surface area contributed by atoms with E-state index in [0.29, 0.717) is 16.3 Å². The van der Waals surface area contributed by atoms with Crippen molar-refractivity contribution in [2.45, 2.75) is 39.8 Å². The second-order valence-electron chi connectivity index (χ2n) is 6.88. The minimum atomic E-state index is -0.0300. The number of rotatable bonds is 6. The van der Waals surface area contributed by atoms with E-state index in [0.717, 1.165) is 44.7 Å². The van der Waals surface area contributed by atoms with Crippen LogP contribution in [-0.2, 0) is 13.1 Å². The highest BCUT2D eigenvalue weighted by atomic mass is 35.5. The van der Waals surface area contributed by atoms with Crippen molar-refractivity contribution in [2.24, 2.45) is 5.92 Å². The molecule has 0 bridgehead atoms. The predicted molar refractivity (Wildman–Crippen MR) is 103 cm³/mol. The van der Waals surface area contributed by atoms with Crippen molar-refractivity contribution in [1.29, 1.82) is 0 Å². The Balaban J connectivity index is 1.73. The van der Waals surface area contributed by atoms with Gasteiger partial charge in [0.1, 0.15) is 5.75 Å². The Morgan fingerprint density at radius 1 is 1.42 bits per heavy atom. The lowest BCUT2D eigenvalue weighted by Gasteiger charge is -2.32.